The lowest BCUT2D eigenvalue weighted by molar-refractivity contribution is 0.159. The van der Waals surface area contributed by atoms with E-state index < -0.39 is 6.09 Å². The van der Waals surface area contributed by atoms with Crippen molar-refractivity contribution in [2.45, 2.75) is 58.3 Å². The van der Waals surface area contributed by atoms with Crippen LogP contribution in [0.3, 0.4) is 0 Å². The number of rotatable bonds is 11. The van der Waals surface area contributed by atoms with Crippen LogP contribution in [-0.4, -0.2) is 19.8 Å². The molecule has 1 N–H and O–H groups in total. The van der Waals surface area contributed by atoms with Crippen LogP contribution in [0.4, 0.5) is 10.5 Å². The molecule has 4 nitrogen and oxygen atoms in total. The van der Waals surface area contributed by atoms with Crippen molar-refractivity contribution < 1.29 is 14.3 Å². The van der Waals surface area contributed by atoms with E-state index in [0.717, 1.165) is 12.8 Å². The number of hydrogen-bond acceptors (Lipinski definition) is 3. The average Bonchev–Trinajstić information content (AvgIpc) is 2.53. The minimum absolute atomic E-state index is 0.449. The van der Waals surface area contributed by atoms with Gasteiger partial charge in [-0.3, -0.25) is 5.32 Å². The summed E-state index contributed by atoms with van der Waals surface area (Å²) in [6, 6.07) is 5.07. The Hall–Kier alpha value is -1.42. The van der Waals surface area contributed by atoms with Gasteiger partial charge in [0.05, 0.1) is 18.7 Å². The molecule has 23 heavy (non-hydrogen) atoms. The van der Waals surface area contributed by atoms with Crippen molar-refractivity contribution in [1.29, 1.82) is 0 Å². The van der Waals surface area contributed by atoms with E-state index in [1.807, 2.05) is 0 Å². The first-order valence-corrected chi connectivity index (χ1v) is 8.82. The Morgan fingerprint density at radius 1 is 1.09 bits per heavy atom. The fourth-order valence-corrected chi connectivity index (χ4v) is 2.56. The lowest BCUT2D eigenvalue weighted by atomic mass is 10.1. The van der Waals surface area contributed by atoms with Gasteiger partial charge in [0, 0.05) is 5.69 Å². The molecule has 0 bridgehead atoms. The smallest absolute Gasteiger partial charge is 0.411 e. The molecule has 0 fully saturated rings. The van der Waals surface area contributed by atoms with Crippen molar-refractivity contribution in [3.05, 3.63) is 23.2 Å². The highest BCUT2D eigenvalue weighted by molar-refractivity contribution is 6.32. The van der Waals surface area contributed by atoms with Crippen LogP contribution in [0.5, 0.6) is 5.75 Å². The molecule has 0 radical (unpaired) electrons. The van der Waals surface area contributed by atoms with Crippen LogP contribution in [0.15, 0.2) is 18.2 Å². The van der Waals surface area contributed by atoms with Crippen LogP contribution in [0, 0.1) is 0 Å². The number of nitrogens with one attached hydrogen (secondary N) is 1. The molecule has 1 aromatic rings. The number of carbonyl (C=O) groups excluding carboxylic acids is 1. The van der Waals surface area contributed by atoms with Crippen molar-refractivity contribution in [2.75, 3.05) is 19.0 Å². The normalized spacial score (nSPS) is 10.4. The maximum atomic E-state index is 11.7. The van der Waals surface area contributed by atoms with Gasteiger partial charge in [-0.2, -0.15) is 0 Å². The number of amides is 1. The Labute approximate surface area is 144 Å². The minimum atomic E-state index is -0.450. The van der Waals surface area contributed by atoms with E-state index >= 15 is 0 Å². The van der Waals surface area contributed by atoms with Crippen molar-refractivity contribution in [3.63, 3.8) is 0 Å². The Kier molecular flexibility index (Phi) is 10.3. The molecule has 5 heteroatoms. The van der Waals surface area contributed by atoms with Crippen molar-refractivity contribution in [1.82, 2.24) is 0 Å². The minimum Gasteiger partial charge on any atom is -0.495 e. The van der Waals surface area contributed by atoms with E-state index in [1.165, 1.54) is 38.5 Å². The number of halogens is 1. The molecule has 1 aromatic carbocycles. The summed E-state index contributed by atoms with van der Waals surface area (Å²) in [6.45, 7) is 2.67. The highest BCUT2D eigenvalue weighted by atomic mass is 35.5. The molecule has 0 heterocycles. The number of methoxy groups -OCH3 is 1. The van der Waals surface area contributed by atoms with E-state index in [4.69, 9.17) is 21.1 Å². The molecule has 1 amide bonds. The highest BCUT2D eigenvalue weighted by Gasteiger charge is 2.06. The van der Waals surface area contributed by atoms with Gasteiger partial charge in [-0.15, -0.1) is 0 Å². The van der Waals surface area contributed by atoms with Gasteiger partial charge in [-0.25, -0.2) is 4.79 Å². The van der Waals surface area contributed by atoms with Gasteiger partial charge in [-0.05, 0) is 24.6 Å². The summed E-state index contributed by atoms with van der Waals surface area (Å²) in [7, 11) is 1.55. The summed E-state index contributed by atoms with van der Waals surface area (Å²) in [5, 5.41) is 3.11. The first-order valence-electron chi connectivity index (χ1n) is 8.44. The fourth-order valence-electron chi connectivity index (χ4n) is 2.30. The molecule has 130 valence electrons. The van der Waals surface area contributed by atoms with E-state index in [-0.39, 0.29) is 0 Å². The second-order valence-corrected chi connectivity index (χ2v) is 5.99. The molecule has 0 aliphatic heterocycles. The Morgan fingerprint density at radius 2 is 1.74 bits per heavy atom. The highest BCUT2D eigenvalue weighted by Crippen LogP contribution is 2.27. The zero-order chi connectivity index (χ0) is 16.9. The van der Waals surface area contributed by atoms with Gasteiger partial charge in [0.1, 0.15) is 5.75 Å². The standard InChI is InChI=1S/C18H28ClNO3/c1-3-4-5-6-7-8-9-10-13-23-18(21)20-15-11-12-17(22-2)16(19)14-15/h11-12,14H,3-10,13H2,1-2H3,(H,20,21). The fraction of sp³-hybridized carbons (Fsp3) is 0.611. The second-order valence-electron chi connectivity index (χ2n) is 5.59. The third kappa shape index (κ3) is 8.70. The maximum Gasteiger partial charge on any atom is 0.411 e. The van der Waals surface area contributed by atoms with Gasteiger partial charge in [0.15, 0.2) is 0 Å². The topological polar surface area (TPSA) is 47.6 Å². The molecule has 1 rings (SSSR count). The summed E-state index contributed by atoms with van der Waals surface area (Å²) in [4.78, 5) is 11.7. The third-order valence-corrected chi connectivity index (χ3v) is 3.92. The summed E-state index contributed by atoms with van der Waals surface area (Å²) in [5.74, 6) is 0.574. The molecule has 0 aromatic heterocycles. The number of hydrogen-bond donors (Lipinski definition) is 1. The largest absolute Gasteiger partial charge is 0.495 e. The van der Waals surface area contributed by atoms with Crippen molar-refractivity contribution in [3.8, 4) is 5.75 Å². The van der Waals surface area contributed by atoms with Crippen LogP contribution < -0.4 is 10.1 Å². The summed E-state index contributed by atoms with van der Waals surface area (Å²) >= 11 is 6.00. The molecule has 0 atom stereocenters. The lowest BCUT2D eigenvalue weighted by Crippen LogP contribution is -2.14. The van der Waals surface area contributed by atoms with Crippen LogP contribution >= 0.6 is 11.6 Å². The number of carbonyl (C=O) groups is 1. The van der Waals surface area contributed by atoms with E-state index in [9.17, 15) is 4.79 Å². The Balaban J connectivity index is 2.09. The SMILES string of the molecule is CCCCCCCCCCOC(=O)Nc1ccc(OC)c(Cl)c1. The summed E-state index contributed by atoms with van der Waals surface area (Å²) in [6.07, 6.45) is 9.31. The molecule has 0 unspecified atom stereocenters. The maximum absolute atomic E-state index is 11.7. The Morgan fingerprint density at radius 3 is 2.35 bits per heavy atom. The van der Waals surface area contributed by atoms with E-state index in [2.05, 4.69) is 12.2 Å². The first-order chi connectivity index (χ1) is 11.2. The summed E-state index contributed by atoms with van der Waals surface area (Å²) in [5.41, 5.74) is 0.594. The van der Waals surface area contributed by atoms with Crippen molar-refractivity contribution in [2.24, 2.45) is 0 Å². The van der Waals surface area contributed by atoms with Crippen LogP contribution in [-0.2, 0) is 4.74 Å². The molecular formula is C18H28ClNO3. The number of ether oxygens (including phenoxy) is 2. The second kappa shape index (κ2) is 12.1. The first kappa shape index (κ1) is 19.6. The molecule has 0 spiro atoms. The lowest BCUT2D eigenvalue weighted by Gasteiger charge is -2.09. The molecule has 0 aliphatic carbocycles. The molecule has 0 saturated heterocycles. The Bertz CT molecular complexity index is 466. The van der Waals surface area contributed by atoms with Crippen LogP contribution in [0.25, 0.3) is 0 Å². The van der Waals surface area contributed by atoms with Gasteiger partial charge in [-0.1, -0.05) is 63.5 Å². The molecule has 0 aliphatic rings. The predicted octanol–water partition coefficient (Wildman–Crippen LogP) is 6.04. The monoisotopic (exact) mass is 341 g/mol. The zero-order valence-electron chi connectivity index (χ0n) is 14.2. The van der Waals surface area contributed by atoms with E-state index in [0.29, 0.717) is 23.1 Å². The zero-order valence-corrected chi connectivity index (χ0v) is 15.0. The predicted molar refractivity (Wildman–Crippen MR) is 95.6 cm³/mol. The number of anilines is 1. The van der Waals surface area contributed by atoms with Crippen molar-refractivity contribution >= 4 is 23.4 Å². The van der Waals surface area contributed by atoms with Gasteiger partial charge < -0.3 is 9.47 Å². The van der Waals surface area contributed by atoms with Gasteiger partial charge in [0.2, 0.25) is 0 Å². The molecule has 0 saturated carbocycles. The summed E-state index contributed by atoms with van der Waals surface area (Å²) < 4.78 is 10.2. The van der Waals surface area contributed by atoms with Crippen LogP contribution in [0.2, 0.25) is 5.02 Å². The third-order valence-electron chi connectivity index (χ3n) is 3.63. The van der Waals surface area contributed by atoms with E-state index in [1.54, 1.807) is 25.3 Å². The van der Waals surface area contributed by atoms with Gasteiger partial charge >= 0.3 is 6.09 Å². The van der Waals surface area contributed by atoms with Gasteiger partial charge in [0.25, 0.3) is 0 Å². The number of unbranched alkanes of at least 4 members (excludes halogenated alkanes) is 7. The van der Waals surface area contributed by atoms with Crippen LogP contribution in [0.1, 0.15) is 58.3 Å². The number of benzene rings is 1. The quantitative estimate of drug-likeness (QED) is 0.499. The molecular weight excluding hydrogens is 314 g/mol. The average molecular weight is 342 g/mol.